The van der Waals surface area contributed by atoms with Crippen LogP contribution in [0.15, 0.2) is 35.6 Å². The van der Waals surface area contributed by atoms with E-state index in [9.17, 15) is 8.42 Å². The van der Waals surface area contributed by atoms with Crippen LogP contribution in [-0.2, 0) is 23.6 Å². The number of hydrogen-bond acceptors (Lipinski definition) is 5. The molecule has 0 spiro atoms. The Morgan fingerprint density at radius 2 is 2.22 bits per heavy atom. The first-order chi connectivity index (χ1) is 8.50. The predicted molar refractivity (Wildman–Crippen MR) is 65.9 cm³/mol. The first-order valence-corrected chi connectivity index (χ1v) is 6.65. The number of nitrogen functional groups attached to an aromatic ring is 1. The van der Waals surface area contributed by atoms with Crippen molar-refractivity contribution in [1.82, 2.24) is 19.5 Å². The SMILES string of the molecule is Cn1ncc(CNS(=O)(=O)c2cccnc2)c1N. The number of pyridine rings is 1. The van der Waals surface area contributed by atoms with E-state index < -0.39 is 10.0 Å². The van der Waals surface area contributed by atoms with Gasteiger partial charge in [-0.05, 0) is 12.1 Å². The minimum absolute atomic E-state index is 0.0941. The lowest BCUT2D eigenvalue weighted by molar-refractivity contribution is 0.581. The Labute approximate surface area is 105 Å². The van der Waals surface area contributed by atoms with E-state index in [1.807, 2.05) is 0 Å². The van der Waals surface area contributed by atoms with Crippen LogP contribution in [0, 0.1) is 0 Å². The minimum Gasteiger partial charge on any atom is -0.384 e. The molecule has 0 saturated carbocycles. The average molecular weight is 267 g/mol. The second kappa shape index (κ2) is 4.75. The van der Waals surface area contributed by atoms with Crippen LogP contribution >= 0.6 is 0 Å². The number of nitrogens with two attached hydrogens (primary N) is 1. The van der Waals surface area contributed by atoms with Crippen LogP contribution in [0.2, 0.25) is 0 Å². The van der Waals surface area contributed by atoms with Crippen molar-refractivity contribution in [2.75, 3.05) is 5.73 Å². The van der Waals surface area contributed by atoms with Crippen molar-refractivity contribution in [3.8, 4) is 0 Å². The smallest absolute Gasteiger partial charge is 0.242 e. The standard InChI is InChI=1S/C10H13N5O2S/c1-15-10(11)8(5-13-15)6-14-18(16,17)9-3-2-4-12-7-9/h2-5,7,14H,6,11H2,1H3. The van der Waals surface area contributed by atoms with E-state index >= 15 is 0 Å². The maximum absolute atomic E-state index is 11.9. The van der Waals surface area contributed by atoms with Crippen LogP contribution in [0.25, 0.3) is 0 Å². The predicted octanol–water partition coefficient (Wildman–Crippen LogP) is -0.124. The van der Waals surface area contributed by atoms with Gasteiger partial charge < -0.3 is 5.73 Å². The number of nitrogens with one attached hydrogen (secondary N) is 1. The molecule has 2 aromatic heterocycles. The summed E-state index contributed by atoms with van der Waals surface area (Å²) < 4.78 is 27.7. The summed E-state index contributed by atoms with van der Waals surface area (Å²) in [5, 5.41) is 3.93. The quantitative estimate of drug-likeness (QED) is 0.803. The fourth-order valence-electron chi connectivity index (χ4n) is 1.39. The van der Waals surface area contributed by atoms with E-state index in [1.54, 1.807) is 13.1 Å². The Hall–Kier alpha value is -1.93. The Bertz CT molecular complexity index is 636. The minimum atomic E-state index is -3.57. The van der Waals surface area contributed by atoms with Gasteiger partial charge in [0.1, 0.15) is 10.7 Å². The molecule has 96 valence electrons. The number of sulfonamides is 1. The molecular weight excluding hydrogens is 254 g/mol. The lowest BCUT2D eigenvalue weighted by atomic mass is 10.3. The summed E-state index contributed by atoms with van der Waals surface area (Å²) in [7, 11) is -1.88. The van der Waals surface area contributed by atoms with Gasteiger partial charge in [0.2, 0.25) is 10.0 Å². The summed E-state index contributed by atoms with van der Waals surface area (Å²) in [6.07, 6.45) is 4.33. The van der Waals surface area contributed by atoms with E-state index in [1.165, 1.54) is 29.3 Å². The summed E-state index contributed by atoms with van der Waals surface area (Å²) in [6.45, 7) is 0.0941. The van der Waals surface area contributed by atoms with Crippen molar-refractivity contribution in [3.63, 3.8) is 0 Å². The van der Waals surface area contributed by atoms with Gasteiger partial charge in [0.05, 0.1) is 6.20 Å². The molecule has 0 aromatic carbocycles. The molecule has 18 heavy (non-hydrogen) atoms. The molecule has 8 heteroatoms. The third kappa shape index (κ3) is 2.49. The molecule has 0 unspecified atom stereocenters. The second-order valence-corrected chi connectivity index (χ2v) is 5.46. The fourth-order valence-corrected chi connectivity index (χ4v) is 2.36. The van der Waals surface area contributed by atoms with Crippen LogP contribution in [0.5, 0.6) is 0 Å². The van der Waals surface area contributed by atoms with Crippen LogP contribution in [0.4, 0.5) is 5.82 Å². The van der Waals surface area contributed by atoms with Crippen molar-refractivity contribution in [3.05, 3.63) is 36.3 Å². The molecule has 0 aliphatic rings. The molecule has 0 amide bonds. The third-order valence-electron chi connectivity index (χ3n) is 2.46. The zero-order valence-corrected chi connectivity index (χ0v) is 10.6. The largest absolute Gasteiger partial charge is 0.384 e. The molecule has 0 atom stereocenters. The normalized spacial score (nSPS) is 11.6. The molecule has 0 radical (unpaired) electrons. The van der Waals surface area contributed by atoms with Gasteiger partial charge >= 0.3 is 0 Å². The maximum Gasteiger partial charge on any atom is 0.242 e. The molecule has 2 heterocycles. The molecule has 3 N–H and O–H groups in total. The summed E-state index contributed by atoms with van der Waals surface area (Å²) in [4.78, 5) is 3.89. The lowest BCUT2D eigenvalue weighted by Crippen LogP contribution is -2.23. The van der Waals surface area contributed by atoms with Crippen molar-refractivity contribution in [2.45, 2.75) is 11.4 Å². The van der Waals surface area contributed by atoms with Gasteiger partial charge in [-0.3, -0.25) is 9.67 Å². The van der Waals surface area contributed by atoms with Gasteiger partial charge in [-0.25, -0.2) is 13.1 Å². The van der Waals surface area contributed by atoms with Crippen LogP contribution < -0.4 is 10.5 Å². The van der Waals surface area contributed by atoms with Crippen molar-refractivity contribution in [2.24, 2.45) is 7.05 Å². The Morgan fingerprint density at radius 1 is 1.44 bits per heavy atom. The molecule has 0 aliphatic carbocycles. The highest BCUT2D eigenvalue weighted by Crippen LogP contribution is 2.11. The number of aryl methyl sites for hydroxylation is 1. The summed E-state index contributed by atoms with van der Waals surface area (Å²) >= 11 is 0. The number of rotatable bonds is 4. The van der Waals surface area contributed by atoms with E-state index in [4.69, 9.17) is 5.73 Å². The summed E-state index contributed by atoms with van der Waals surface area (Å²) in [5.41, 5.74) is 6.35. The molecule has 0 bridgehead atoms. The average Bonchev–Trinajstić information content (AvgIpc) is 2.69. The molecular formula is C10H13N5O2S. The van der Waals surface area contributed by atoms with Gasteiger partial charge in [-0.15, -0.1) is 0 Å². The highest BCUT2D eigenvalue weighted by Gasteiger charge is 2.15. The van der Waals surface area contributed by atoms with Gasteiger partial charge in [0.25, 0.3) is 0 Å². The molecule has 0 saturated heterocycles. The Kier molecular flexibility index (Phi) is 3.30. The van der Waals surface area contributed by atoms with Crippen molar-refractivity contribution in [1.29, 1.82) is 0 Å². The lowest BCUT2D eigenvalue weighted by Gasteiger charge is -2.05. The topological polar surface area (TPSA) is 103 Å². The molecule has 2 rings (SSSR count). The first-order valence-electron chi connectivity index (χ1n) is 5.17. The van der Waals surface area contributed by atoms with Crippen molar-refractivity contribution < 1.29 is 8.42 Å². The van der Waals surface area contributed by atoms with Crippen LogP contribution in [-0.4, -0.2) is 23.2 Å². The van der Waals surface area contributed by atoms with Gasteiger partial charge in [-0.1, -0.05) is 0 Å². The van der Waals surface area contributed by atoms with Gasteiger partial charge in [0.15, 0.2) is 0 Å². The van der Waals surface area contributed by atoms with E-state index in [2.05, 4.69) is 14.8 Å². The zero-order chi connectivity index (χ0) is 13.2. The fraction of sp³-hybridized carbons (Fsp3) is 0.200. The third-order valence-corrected chi connectivity index (χ3v) is 3.85. The first kappa shape index (κ1) is 12.5. The summed E-state index contributed by atoms with van der Waals surface area (Å²) in [6, 6.07) is 3.04. The maximum atomic E-state index is 11.9. The molecule has 0 aliphatic heterocycles. The van der Waals surface area contributed by atoms with Crippen LogP contribution in [0.1, 0.15) is 5.56 Å². The molecule has 2 aromatic rings. The second-order valence-electron chi connectivity index (χ2n) is 3.69. The highest BCUT2D eigenvalue weighted by molar-refractivity contribution is 7.89. The zero-order valence-electron chi connectivity index (χ0n) is 9.74. The van der Waals surface area contributed by atoms with Crippen molar-refractivity contribution >= 4 is 15.8 Å². The molecule has 7 nitrogen and oxygen atoms in total. The summed E-state index contributed by atoms with van der Waals surface area (Å²) in [5.74, 6) is 0.434. The highest BCUT2D eigenvalue weighted by atomic mass is 32.2. The number of nitrogens with zero attached hydrogens (tertiary/aromatic N) is 3. The Balaban J connectivity index is 2.13. The number of anilines is 1. The van der Waals surface area contributed by atoms with Gasteiger partial charge in [-0.2, -0.15) is 5.10 Å². The van der Waals surface area contributed by atoms with Gasteiger partial charge in [0, 0.05) is 31.5 Å². The Morgan fingerprint density at radius 3 is 2.78 bits per heavy atom. The van der Waals surface area contributed by atoms with E-state index in [0.717, 1.165) is 0 Å². The number of aromatic nitrogens is 3. The molecule has 0 fully saturated rings. The number of hydrogen-bond donors (Lipinski definition) is 2. The van der Waals surface area contributed by atoms with E-state index in [0.29, 0.717) is 11.4 Å². The van der Waals surface area contributed by atoms with E-state index in [-0.39, 0.29) is 11.4 Å². The monoisotopic (exact) mass is 267 g/mol. The van der Waals surface area contributed by atoms with Crippen LogP contribution in [0.3, 0.4) is 0 Å².